The van der Waals surface area contributed by atoms with Crippen LogP contribution in [0, 0.1) is 13.8 Å². The van der Waals surface area contributed by atoms with Crippen molar-refractivity contribution < 1.29 is 23.9 Å². The Kier molecular flexibility index (Phi) is 7.05. The molecule has 7 nitrogen and oxygen atoms in total. The van der Waals surface area contributed by atoms with Crippen LogP contribution in [-0.4, -0.2) is 56.5 Å². The molecule has 0 bridgehead atoms. The van der Waals surface area contributed by atoms with Gasteiger partial charge >= 0.3 is 5.97 Å². The first-order chi connectivity index (χ1) is 10.8. The minimum absolute atomic E-state index is 0.136. The fraction of sp³-hybridized carbons (Fsp3) is 0.438. The number of carbonyl (C=O) groups excluding carboxylic acids is 3. The predicted octanol–water partition coefficient (Wildman–Crippen LogP) is 0.430. The van der Waals surface area contributed by atoms with Gasteiger partial charge in [-0.25, -0.2) is 4.79 Å². The average Bonchev–Trinajstić information content (AvgIpc) is 2.51. The summed E-state index contributed by atoms with van der Waals surface area (Å²) in [6.45, 7) is 3.05. The second-order valence-corrected chi connectivity index (χ2v) is 5.26. The van der Waals surface area contributed by atoms with Gasteiger partial charge in [0.15, 0.2) is 13.2 Å². The first-order valence-electron chi connectivity index (χ1n) is 7.12. The number of nitrogens with zero attached hydrogens (tertiary/aromatic N) is 1. The van der Waals surface area contributed by atoms with E-state index in [1.54, 1.807) is 20.2 Å². The number of aryl methyl sites for hydroxylation is 2. The zero-order chi connectivity index (χ0) is 17.4. The molecule has 0 saturated carbocycles. The fourth-order valence-electron chi connectivity index (χ4n) is 1.52. The number of amides is 2. The summed E-state index contributed by atoms with van der Waals surface area (Å²) in [5.74, 6) is -0.883. The van der Waals surface area contributed by atoms with Gasteiger partial charge < -0.3 is 19.7 Å². The molecule has 1 N–H and O–H groups in total. The molecule has 126 valence electrons. The summed E-state index contributed by atoms with van der Waals surface area (Å²) in [6, 6.07) is 5.47. The third-order valence-corrected chi connectivity index (χ3v) is 3.13. The summed E-state index contributed by atoms with van der Waals surface area (Å²) in [5.41, 5.74) is 2.18. The number of rotatable bonds is 7. The first-order valence-corrected chi connectivity index (χ1v) is 7.12. The maximum atomic E-state index is 11.5. The Morgan fingerprint density at radius 3 is 2.39 bits per heavy atom. The van der Waals surface area contributed by atoms with Gasteiger partial charge in [-0.15, -0.1) is 0 Å². The Labute approximate surface area is 135 Å². The van der Waals surface area contributed by atoms with Gasteiger partial charge in [0.2, 0.25) is 5.91 Å². The van der Waals surface area contributed by atoms with E-state index in [1.807, 2.05) is 26.0 Å². The molecular formula is C16H22N2O5. The summed E-state index contributed by atoms with van der Waals surface area (Å²) < 4.78 is 10.1. The summed E-state index contributed by atoms with van der Waals surface area (Å²) in [6.07, 6.45) is 0. The average molecular weight is 322 g/mol. The molecule has 0 fully saturated rings. The molecule has 0 aliphatic heterocycles. The van der Waals surface area contributed by atoms with E-state index in [2.05, 4.69) is 5.32 Å². The smallest absolute Gasteiger partial charge is 0.344 e. The van der Waals surface area contributed by atoms with Crippen LogP contribution in [0.15, 0.2) is 18.2 Å². The minimum Gasteiger partial charge on any atom is -0.482 e. The summed E-state index contributed by atoms with van der Waals surface area (Å²) >= 11 is 0. The van der Waals surface area contributed by atoms with Gasteiger partial charge in [0.25, 0.3) is 5.91 Å². The maximum absolute atomic E-state index is 11.5. The third kappa shape index (κ3) is 6.82. The van der Waals surface area contributed by atoms with Gasteiger partial charge in [0.05, 0.1) is 6.54 Å². The molecule has 0 heterocycles. The minimum atomic E-state index is -0.655. The van der Waals surface area contributed by atoms with Crippen molar-refractivity contribution in [1.82, 2.24) is 10.2 Å². The normalized spacial score (nSPS) is 9.91. The number of carbonyl (C=O) groups is 3. The Morgan fingerprint density at radius 1 is 1.09 bits per heavy atom. The maximum Gasteiger partial charge on any atom is 0.344 e. The molecule has 1 aromatic rings. The van der Waals surface area contributed by atoms with Gasteiger partial charge in [-0.3, -0.25) is 9.59 Å². The molecule has 0 aromatic heterocycles. The van der Waals surface area contributed by atoms with Gasteiger partial charge in [0, 0.05) is 14.1 Å². The van der Waals surface area contributed by atoms with Crippen molar-refractivity contribution >= 4 is 17.8 Å². The lowest BCUT2D eigenvalue weighted by molar-refractivity contribution is -0.150. The van der Waals surface area contributed by atoms with Crippen molar-refractivity contribution in [2.24, 2.45) is 0 Å². The predicted molar refractivity (Wildman–Crippen MR) is 84.1 cm³/mol. The lowest BCUT2D eigenvalue weighted by Crippen LogP contribution is -2.38. The van der Waals surface area contributed by atoms with Gasteiger partial charge in [-0.2, -0.15) is 0 Å². The van der Waals surface area contributed by atoms with Gasteiger partial charge in [0.1, 0.15) is 5.75 Å². The van der Waals surface area contributed by atoms with Gasteiger partial charge in [-0.05, 0) is 37.1 Å². The van der Waals surface area contributed by atoms with E-state index in [-0.39, 0.29) is 19.1 Å². The first kappa shape index (κ1) is 18.5. The van der Waals surface area contributed by atoms with E-state index in [0.29, 0.717) is 5.75 Å². The molecule has 0 radical (unpaired) electrons. The van der Waals surface area contributed by atoms with Crippen LogP contribution >= 0.6 is 0 Å². The lowest BCUT2D eigenvalue weighted by atomic mass is 10.1. The van der Waals surface area contributed by atoms with Crippen molar-refractivity contribution in [2.75, 3.05) is 33.9 Å². The SMILES string of the molecule is Cc1ccc(OCC(=O)OCC(=O)NCC(=O)N(C)C)cc1C. The van der Waals surface area contributed by atoms with Crippen LogP contribution in [0.1, 0.15) is 11.1 Å². The highest BCUT2D eigenvalue weighted by atomic mass is 16.6. The number of nitrogens with one attached hydrogen (secondary N) is 1. The number of hydrogen-bond acceptors (Lipinski definition) is 5. The highest BCUT2D eigenvalue weighted by Crippen LogP contribution is 2.16. The second-order valence-electron chi connectivity index (χ2n) is 5.26. The highest BCUT2D eigenvalue weighted by Gasteiger charge is 2.10. The third-order valence-electron chi connectivity index (χ3n) is 3.13. The molecule has 0 saturated heterocycles. The molecule has 0 spiro atoms. The summed E-state index contributed by atoms with van der Waals surface area (Å²) in [5, 5.41) is 2.36. The monoisotopic (exact) mass is 322 g/mol. The van der Waals surface area contributed by atoms with E-state index >= 15 is 0 Å². The molecule has 0 unspecified atom stereocenters. The highest BCUT2D eigenvalue weighted by molar-refractivity contribution is 5.86. The molecule has 7 heteroatoms. The lowest BCUT2D eigenvalue weighted by Gasteiger charge is -2.11. The van der Waals surface area contributed by atoms with Crippen molar-refractivity contribution in [1.29, 1.82) is 0 Å². The van der Waals surface area contributed by atoms with E-state index in [4.69, 9.17) is 9.47 Å². The molecular weight excluding hydrogens is 300 g/mol. The standard InChI is InChI=1S/C16H22N2O5/c1-11-5-6-13(7-12(11)2)22-10-16(21)23-9-14(19)17-8-15(20)18(3)4/h5-7H,8-10H2,1-4H3,(H,17,19). The topological polar surface area (TPSA) is 84.9 Å². The summed E-state index contributed by atoms with van der Waals surface area (Å²) in [4.78, 5) is 35.6. The largest absolute Gasteiger partial charge is 0.482 e. The molecule has 0 atom stereocenters. The van der Waals surface area contributed by atoms with Gasteiger partial charge in [-0.1, -0.05) is 6.07 Å². The number of ether oxygens (including phenoxy) is 2. The number of likely N-dealkylation sites (N-methyl/N-ethyl adjacent to an activating group) is 1. The Balaban J connectivity index is 2.27. The van der Waals surface area contributed by atoms with Crippen LogP contribution in [0.2, 0.25) is 0 Å². The van der Waals surface area contributed by atoms with Crippen molar-refractivity contribution in [2.45, 2.75) is 13.8 Å². The van der Waals surface area contributed by atoms with E-state index in [0.717, 1.165) is 11.1 Å². The van der Waals surface area contributed by atoms with Crippen LogP contribution in [0.3, 0.4) is 0 Å². The Hall–Kier alpha value is -2.57. The van der Waals surface area contributed by atoms with E-state index in [9.17, 15) is 14.4 Å². The van der Waals surface area contributed by atoms with Crippen LogP contribution < -0.4 is 10.1 Å². The molecule has 2 amide bonds. The Morgan fingerprint density at radius 2 is 1.78 bits per heavy atom. The van der Waals surface area contributed by atoms with E-state index < -0.39 is 18.5 Å². The molecule has 0 aliphatic rings. The quantitative estimate of drug-likeness (QED) is 0.736. The van der Waals surface area contributed by atoms with Crippen molar-refractivity contribution in [3.05, 3.63) is 29.3 Å². The molecule has 1 rings (SSSR count). The number of hydrogen-bond donors (Lipinski definition) is 1. The number of esters is 1. The Bertz CT molecular complexity index is 584. The van der Waals surface area contributed by atoms with Crippen LogP contribution in [0.25, 0.3) is 0 Å². The zero-order valence-corrected chi connectivity index (χ0v) is 13.8. The summed E-state index contributed by atoms with van der Waals surface area (Å²) in [7, 11) is 3.16. The van der Waals surface area contributed by atoms with Crippen LogP contribution in [0.5, 0.6) is 5.75 Å². The molecule has 23 heavy (non-hydrogen) atoms. The number of benzene rings is 1. The van der Waals surface area contributed by atoms with Crippen molar-refractivity contribution in [3.8, 4) is 5.75 Å². The second kappa shape index (κ2) is 8.77. The van der Waals surface area contributed by atoms with Crippen LogP contribution in [0.4, 0.5) is 0 Å². The zero-order valence-electron chi connectivity index (χ0n) is 13.8. The van der Waals surface area contributed by atoms with E-state index in [1.165, 1.54) is 4.90 Å². The fourth-order valence-corrected chi connectivity index (χ4v) is 1.52. The molecule has 0 aliphatic carbocycles. The van der Waals surface area contributed by atoms with Crippen LogP contribution in [-0.2, 0) is 19.1 Å². The molecule has 1 aromatic carbocycles. The van der Waals surface area contributed by atoms with Crippen molar-refractivity contribution in [3.63, 3.8) is 0 Å².